The number of nitrogen functional groups attached to an aromatic ring is 1. The lowest BCUT2D eigenvalue weighted by Crippen LogP contribution is -2.22. The van der Waals surface area contributed by atoms with Crippen molar-refractivity contribution in [3.63, 3.8) is 0 Å². The molecule has 0 saturated carbocycles. The van der Waals surface area contributed by atoms with Crippen molar-refractivity contribution in [1.82, 2.24) is 9.97 Å². The lowest BCUT2D eigenvalue weighted by atomic mass is 10.2. The van der Waals surface area contributed by atoms with Gasteiger partial charge in [-0.2, -0.15) is 4.98 Å². The maximum absolute atomic E-state index is 5.37. The summed E-state index contributed by atoms with van der Waals surface area (Å²) in [7, 11) is 1.67. The molecule has 4 N–H and O–H groups in total. The molecule has 0 spiro atoms. The number of rotatable bonds is 5. The molecule has 0 fully saturated rings. The van der Waals surface area contributed by atoms with Crippen molar-refractivity contribution < 1.29 is 4.74 Å². The number of hydrogen-bond donors (Lipinski definition) is 3. The number of nitrogens with one attached hydrogen (secondary N) is 2. The van der Waals surface area contributed by atoms with E-state index in [2.05, 4.69) is 20.7 Å². The van der Waals surface area contributed by atoms with Gasteiger partial charge in [-0.1, -0.05) is 12.1 Å². The van der Waals surface area contributed by atoms with E-state index in [0.717, 1.165) is 16.7 Å². The minimum absolute atomic E-state index is 0.152. The molecule has 0 saturated heterocycles. The molecule has 1 unspecified atom stereocenters. The number of anilines is 2. The van der Waals surface area contributed by atoms with Crippen LogP contribution in [0.25, 0.3) is 10.9 Å². The first kappa shape index (κ1) is 12.5. The normalized spacial score (nSPS) is 12.4. The van der Waals surface area contributed by atoms with E-state index in [9.17, 15) is 0 Å². The van der Waals surface area contributed by atoms with Crippen LogP contribution in [0.4, 0.5) is 11.8 Å². The highest BCUT2D eigenvalue weighted by molar-refractivity contribution is 5.90. The maximum atomic E-state index is 5.37. The van der Waals surface area contributed by atoms with Gasteiger partial charge in [0.15, 0.2) is 0 Å². The van der Waals surface area contributed by atoms with Crippen LogP contribution in [0.15, 0.2) is 24.3 Å². The highest BCUT2D eigenvalue weighted by atomic mass is 16.5. The average molecular weight is 247 g/mol. The summed E-state index contributed by atoms with van der Waals surface area (Å²) in [5.74, 6) is 6.51. The average Bonchev–Trinajstić information content (AvgIpc) is 2.38. The van der Waals surface area contributed by atoms with Gasteiger partial charge in [-0.3, -0.25) is 5.43 Å². The largest absolute Gasteiger partial charge is 0.383 e. The number of hydrazine groups is 1. The lowest BCUT2D eigenvalue weighted by Gasteiger charge is -2.15. The van der Waals surface area contributed by atoms with Gasteiger partial charge in [-0.15, -0.1) is 0 Å². The Bertz CT molecular complexity index is 531. The van der Waals surface area contributed by atoms with Gasteiger partial charge in [-0.25, -0.2) is 10.8 Å². The number of aromatic nitrogens is 2. The van der Waals surface area contributed by atoms with Crippen LogP contribution in [0, 0.1) is 0 Å². The summed E-state index contributed by atoms with van der Waals surface area (Å²) in [6.07, 6.45) is 0. The Balaban J connectivity index is 2.40. The molecule has 0 bridgehead atoms. The quantitative estimate of drug-likeness (QED) is 0.546. The number of nitrogens with two attached hydrogens (primary N) is 1. The number of methoxy groups -OCH3 is 1. The van der Waals surface area contributed by atoms with Crippen molar-refractivity contribution in [3.05, 3.63) is 24.3 Å². The third kappa shape index (κ3) is 2.66. The van der Waals surface area contributed by atoms with Gasteiger partial charge in [0.05, 0.1) is 12.1 Å². The Hall–Kier alpha value is -1.92. The number of ether oxygens (including phenoxy) is 1. The first-order chi connectivity index (χ1) is 8.74. The van der Waals surface area contributed by atoms with E-state index >= 15 is 0 Å². The Morgan fingerprint density at radius 1 is 1.33 bits per heavy atom. The highest BCUT2D eigenvalue weighted by Gasteiger charge is 2.09. The molecule has 18 heavy (non-hydrogen) atoms. The second-order valence-corrected chi connectivity index (χ2v) is 4.06. The molecular weight excluding hydrogens is 230 g/mol. The van der Waals surface area contributed by atoms with Crippen LogP contribution in [-0.4, -0.2) is 29.7 Å². The molecule has 1 atom stereocenters. The van der Waals surface area contributed by atoms with Gasteiger partial charge in [0.2, 0.25) is 5.95 Å². The summed E-state index contributed by atoms with van der Waals surface area (Å²) in [5.41, 5.74) is 3.31. The Labute approximate surface area is 106 Å². The summed E-state index contributed by atoms with van der Waals surface area (Å²) in [4.78, 5) is 8.62. The Morgan fingerprint density at radius 2 is 2.11 bits per heavy atom. The van der Waals surface area contributed by atoms with Gasteiger partial charge in [0, 0.05) is 18.5 Å². The van der Waals surface area contributed by atoms with Crippen molar-refractivity contribution in [2.75, 3.05) is 24.5 Å². The molecule has 2 rings (SSSR count). The van der Waals surface area contributed by atoms with Gasteiger partial charge < -0.3 is 10.1 Å². The fraction of sp³-hybridized carbons (Fsp3) is 0.333. The molecule has 1 aromatic heterocycles. The number of hydrogen-bond acceptors (Lipinski definition) is 6. The van der Waals surface area contributed by atoms with Crippen LogP contribution < -0.4 is 16.6 Å². The van der Waals surface area contributed by atoms with Gasteiger partial charge in [0.1, 0.15) is 5.82 Å². The van der Waals surface area contributed by atoms with Crippen LogP contribution in [0.2, 0.25) is 0 Å². The van der Waals surface area contributed by atoms with Crippen molar-refractivity contribution in [2.24, 2.45) is 5.84 Å². The zero-order valence-corrected chi connectivity index (χ0v) is 10.5. The highest BCUT2D eigenvalue weighted by Crippen LogP contribution is 2.21. The van der Waals surface area contributed by atoms with E-state index in [1.165, 1.54) is 0 Å². The first-order valence-electron chi connectivity index (χ1n) is 5.73. The van der Waals surface area contributed by atoms with Crippen molar-refractivity contribution >= 4 is 22.7 Å². The lowest BCUT2D eigenvalue weighted by molar-refractivity contribution is 0.190. The van der Waals surface area contributed by atoms with E-state index in [1.54, 1.807) is 7.11 Å². The Morgan fingerprint density at radius 3 is 2.83 bits per heavy atom. The molecule has 6 heteroatoms. The third-order valence-corrected chi connectivity index (χ3v) is 2.53. The number of nitrogens with zero attached hydrogens (tertiary/aromatic N) is 2. The molecule has 1 heterocycles. The zero-order valence-electron chi connectivity index (χ0n) is 10.5. The summed E-state index contributed by atoms with van der Waals surface area (Å²) < 4.78 is 5.10. The van der Waals surface area contributed by atoms with Gasteiger partial charge >= 0.3 is 0 Å². The first-order valence-corrected chi connectivity index (χ1v) is 5.73. The fourth-order valence-electron chi connectivity index (χ4n) is 1.78. The molecule has 0 aliphatic heterocycles. The third-order valence-electron chi connectivity index (χ3n) is 2.53. The van der Waals surface area contributed by atoms with Crippen LogP contribution in [0.5, 0.6) is 0 Å². The minimum atomic E-state index is 0.152. The van der Waals surface area contributed by atoms with E-state index in [-0.39, 0.29) is 6.04 Å². The van der Waals surface area contributed by atoms with Crippen molar-refractivity contribution in [3.8, 4) is 0 Å². The smallest absolute Gasteiger partial charge is 0.239 e. The predicted molar refractivity (Wildman–Crippen MR) is 72.3 cm³/mol. The second-order valence-electron chi connectivity index (χ2n) is 4.06. The van der Waals surface area contributed by atoms with E-state index in [0.29, 0.717) is 12.6 Å². The molecule has 2 aromatic rings. The van der Waals surface area contributed by atoms with Crippen LogP contribution in [-0.2, 0) is 4.74 Å². The van der Waals surface area contributed by atoms with Gasteiger partial charge in [-0.05, 0) is 19.1 Å². The number of fused-ring (bicyclic) bond motifs is 1. The Kier molecular flexibility index (Phi) is 3.91. The maximum Gasteiger partial charge on any atom is 0.239 e. The topological polar surface area (TPSA) is 85.1 Å². The molecule has 0 aliphatic rings. The molecule has 6 nitrogen and oxygen atoms in total. The molecule has 96 valence electrons. The van der Waals surface area contributed by atoms with E-state index < -0.39 is 0 Å². The fourth-order valence-corrected chi connectivity index (χ4v) is 1.78. The standard InChI is InChI=1S/C12H17N5O/c1-8(7-18-2)14-11-9-5-3-4-6-10(9)15-12(16-11)17-13/h3-6,8H,7,13H2,1-2H3,(H2,14,15,16,17). The summed E-state index contributed by atoms with van der Waals surface area (Å²) in [6.45, 7) is 2.62. The minimum Gasteiger partial charge on any atom is -0.383 e. The van der Waals surface area contributed by atoms with E-state index in [4.69, 9.17) is 10.6 Å². The molecule has 0 radical (unpaired) electrons. The summed E-state index contributed by atoms with van der Waals surface area (Å²) in [5, 5.41) is 4.25. The predicted octanol–water partition coefficient (Wildman–Crippen LogP) is 1.36. The van der Waals surface area contributed by atoms with Crippen LogP contribution in [0.1, 0.15) is 6.92 Å². The summed E-state index contributed by atoms with van der Waals surface area (Å²) in [6, 6.07) is 7.92. The SMILES string of the molecule is COCC(C)Nc1nc(NN)nc2ccccc12. The van der Waals surface area contributed by atoms with Crippen LogP contribution in [0.3, 0.4) is 0 Å². The molecule has 1 aromatic carbocycles. The zero-order chi connectivity index (χ0) is 13.0. The summed E-state index contributed by atoms with van der Waals surface area (Å²) >= 11 is 0. The number of benzene rings is 1. The van der Waals surface area contributed by atoms with Crippen molar-refractivity contribution in [1.29, 1.82) is 0 Å². The van der Waals surface area contributed by atoms with Crippen molar-refractivity contribution in [2.45, 2.75) is 13.0 Å². The molecule has 0 aliphatic carbocycles. The van der Waals surface area contributed by atoms with Crippen LogP contribution >= 0.6 is 0 Å². The molecular formula is C12H17N5O. The van der Waals surface area contributed by atoms with Gasteiger partial charge in [0.25, 0.3) is 0 Å². The monoisotopic (exact) mass is 247 g/mol. The number of para-hydroxylation sites is 1. The van der Waals surface area contributed by atoms with E-state index in [1.807, 2.05) is 31.2 Å². The molecule has 0 amide bonds. The second kappa shape index (κ2) is 5.61.